The monoisotopic (exact) mass is 464 g/mol. The molecule has 5 rings (SSSR count). The van der Waals surface area contributed by atoms with Gasteiger partial charge in [0.2, 0.25) is 0 Å². The van der Waals surface area contributed by atoms with Gasteiger partial charge in [-0.25, -0.2) is 0 Å². The fourth-order valence-corrected chi connectivity index (χ4v) is 5.05. The summed E-state index contributed by atoms with van der Waals surface area (Å²) in [5.41, 5.74) is 5.37. The van der Waals surface area contributed by atoms with Gasteiger partial charge in [0.05, 0.1) is 0 Å². The molecule has 1 saturated heterocycles. The van der Waals surface area contributed by atoms with Crippen molar-refractivity contribution in [3.05, 3.63) is 102 Å². The number of aromatic nitrogens is 2. The zero-order valence-electron chi connectivity index (χ0n) is 20.3. The molecule has 5 nitrogen and oxygen atoms in total. The summed E-state index contributed by atoms with van der Waals surface area (Å²) in [5, 5.41) is 5.98. The van der Waals surface area contributed by atoms with E-state index in [4.69, 9.17) is 0 Å². The number of hydrogen-bond donors (Lipinski definition) is 1. The molecule has 1 aliphatic heterocycles. The van der Waals surface area contributed by atoms with Crippen molar-refractivity contribution in [3.63, 3.8) is 0 Å². The van der Waals surface area contributed by atoms with E-state index in [-0.39, 0.29) is 5.91 Å². The number of aryl methyl sites for hydroxylation is 1. The third-order valence-electron chi connectivity index (χ3n) is 7.11. The number of nitrogens with zero attached hydrogens (tertiary/aromatic N) is 3. The maximum atomic E-state index is 13.4. The molecule has 0 saturated carbocycles. The minimum Gasteiger partial charge on any atom is -0.381 e. The van der Waals surface area contributed by atoms with Crippen molar-refractivity contribution in [1.29, 1.82) is 0 Å². The van der Waals surface area contributed by atoms with Crippen LogP contribution in [-0.2, 0) is 13.0 Å². The summed E-state index contributed by atoms with van der Waals surface area (Å²) in [4.78, 5) is 24.0. The number of anilines is 1. The Balaban J connectivity index is 1.23. The number of amides is 1. The van der Waals surface area contributed by atoms with Gasteiger partial charge in [0, 0.05) is 61.1 Å². The molecule has 5 heteroatoms. The van der Waals surface area contributed by atoms with Gasteiger partial charge in [0.25, 0.3) is 5.91 Å². The third kappa shape index (κ3) is 5.51. The van der Waals surface area contributed by atoms with Gasteiger partial charge >= 0.3 is 0 Å². The quantitative estimate of drug-likeness (QED) is 0.378. The van der Waals surface area contributed by atoms with Crippen molar-refractivity contribution >= 4 is 22.4 Å². The summed E-state index contributed by atoms with van der Waals surface area (Å²) in [6.07, 6.45) is 11.8. The van der Waals surface area contributed by atoms with Crippen LogP contribution >= 0.6 is 0 Å². The molecule has 4 aromatic rings. The summed E-state index contributed by atoms with van der Waals surface area (Å²) < 4.78 is 0. The fraction of sp³-hybridized carbons (Fsp3) is 0.300. The predicted octanol–water partition coefficient (Wildman–Crippen LogP) is 6.04. The molecule has 1 aliphatic rings. The van der Waals surface area contributed by atoms with Crippen LogP contribution in [0.3, 0.4) is 0 Å². The molecule has 2 aromatic carbocycles. The van der Waals surface area contributed by atoms with E-state index in [0.29, 0.717) is 12.5 Å². The molecular weight excluding hydrogens is 432 g/mol. The molecule has 35 heavy (non-hydrogen) atoms. The number of benzene rings is 2. The zero-order chi connectivity index (χ0) is 24.0. The highest BCUT2D eigenvalue weighted by Crippen LogP contribution is 2.27. The Labute approximate surface area is 207 Å². The highest BCUT2D eigenvalue weighted by molar-refractivity contribution is 5.95. The van der Waals surface area contributed by atoms with Gasteiger partial charge in [-0.05, 0) is 84.9 Å². The first-order valence-corrected chi connectivity index (χ1v) is 12.5. The summed E-state index contributed by atoms with van der Waals surface area (Å²) in [5.74, 6) is 0.695. The molecule has 0 spiro atoms. The molecule has 1 atom stereocenters. The van der Waals surface area contributed by atoms with Gasteiger partial charge in [0.15, 0.2) is 0 Å². The minimum atomic E-state index is 0.129. The van der Waals surface area contributed by atoms with Crippen LogP contribution in [0.4, 0.5) is 5.69 Å². The number of carbonyl (C=O) groups is 1. The van der Waals surface area contributed by atoms with Crippen LogP contribution in [0.5, 0.6) is 0 Å². The van der Waals surface area contributed by atoms with Gasteiger partial charge in [-0.3, -0.25) is 14.8 Å². The van der Waals surface area contributed by atoms with E-state index in [1.54, 1.807) is 12.4 Å². The van der Waals surface area contributed by atoms with Crippen molar-refractivity contribution in [2.75, 3.05) is 18.4 Å². The van der Waals surface area contributed by atoms with E-state index < -0.39 is 0 Å². The second-order valence-electron chi connectivity index (χ2n) is 9.55. The van der Waals surface area contributed by atoms with Gasteiger partial charge in [-0.1, -0.05) is 30.3 Å². The Morgan fingerprint density at radius 1 is 1.00 bits per heavy atom. The fourth-order valence-electron chi connectivity index (χ4n) is 5.05. The predicted molar refractivity (Wildman–Crippen MR) is 141 cm³/mol. The van der Waals surface area contributed by atoms with E-state index in [1.807, 2.05) is 47.6 Å². The zero-order valence-corrected chi connectivity index (χ0v) is 20.3. The smallest absolute Gasteiger partial charge is 0.253 e. The average Bonchev–Trinajstić information content (AvgIpc) is 3.14. The third-order valence-corrected chi connectivity index (χ3v) is 7.11. The lowest BCUT2D eigenvalue weighted by Gasteiger charge is -2.22. The van der Waals surface area contributed by atoms with Crippen LogP contribution < -0.4 is 5.32 Å². The number of nitrogens with one attached hydrogen (secondary N) is 1. The van der Waals surface area contributed by atoms with Crippen LogP contribution in [0.2, 0.25) is 0 Å². The van der Waals surface area contributed by atoms with Crippen LogP contribution in [0.25, 0.3) is 10.8 Å². The number of pyridine rings is 2. The van der Waals surface area contributed by atoms with Crippen molar-refractivity contribution in [3.8, 4) is 0 Å². The molecule has 2 aromatic heterocycles. The SMILES string of the molecule is Cc1ccc(C(=O)N2CCCC(Cc3cncc4ccccc34)CC2)cc1NCc1ccncc1. The first-order chi connectivity index (χ1) is 17.2. The lowest BCUT2D eigenvalue weighted by Crippen LogP contribution is -2.32. The molecule has 3 heterocycles. The van der Waals surface area contributed by atoms with Crippen molar-refractivity contribution in [2.45, 2.75) is 39.2 Å². The standard InChI is InChI=1S/C30H32N4O/c1-22-8-9-25(18-29(22)33-19-24-10-13-31-14-11-24)30(35)34-15-4-5-23(12-16-34)17-27-21-32-20-26-6-2-3-7-28(26)27/h2-3,6-11,13-14,18,20-21,23,33H,4-5,12,15-17,19H2,1H3. The first-order valence-electron chi connectivity index (χ1n) is 12.5. The Kier molecular flexibility index (Phi) is 7.03. The second kappa shape index (κ2) is 10.7. The molecule has 1 N–H and O–H groups in total. The maximum absolute atomic E-state index is 13.4. The highest BCUT2D eigenvalue weighted by Gasteiger charge is 2.23. The van der Waals surface area contributed by atoms with E-state index in [0.717, 1.165) is 61.2 Å². The number of fused-ring (bicyclic) bond motifs is 1. The number of carbonyl (C=O) groups excluding carboxylic acids is 1. The van der Waals surface area contributed by atoms with Gasteiger partial charge in [-0.2, -0.15) is 0 Å². The first kappa shape index (κ1) is 23.0. The van der Waals surface area contributed by atoms with Crippen LogP contribution in [-0.4, -0.2) is 33.9 Å². The molecular formula is C30H32N4O. The summed E-state index contributed by atoms with van der Waals surface area (Å²) in [6, 6.07) is 18.5. The molecule has 0 aliphatic carbocycles. The lowest BCUT2D eigenvalue weighted by molar-refractivity contribution is 0.0760. The second-order valence-corrected chi connectivity index (χ2v) is 9.55. The summed E-state index contributed by atoms with van der Waals surface area (Å²) >= 11 is 0. The summed E-state index contributed by atoms with van der Waals surface area (Å²) in [7, 11) is 0. The number of hydrogen-bond acceptors (Lipinski definition) is 4. The molecule has 1 unspecified atom stereocenters. The molecule has 1 fully saturated rings. The lowest BCUT2D eigenvalue weighted by atomic mass is 9.91. The van der Waals surface area contributed by atoms with E-state index in [9.17, 15) is 4.79 Å². The van der Waals surface area contributed by atoms with E-state index in [2.05, 4.69) is 46.5 Å². The Morgan fingerprint density at radius 2 is 1.86 bits per heavy atom. The Morgan fingerprint density at radius 3 is 2.74 bits per heavy atom. The average molecular weight is 465 g/mol. The maximum Gasteiger partial charge on any atom is 0.253 e. The van der Waals surface area contributed by atoms with Gasteiger partial charge < -0.3 is 10.2 Å². The van der Waals surface area contributed by atoms with Gasteiger partial charge in [-0.15, -0.1) is 0 Å². The number of likely N-dealkylation sites (tertiary alicyclic amines) is 1. The Bertz CT molecular complexity index is 1300. The largest absolute Gasteiger partial charge is 0.381 e. The molecule has 0 radical (unpaired) electrons. The highest BCUT2D eigenvalue weighted by atomic mass is 16.2. The molecule has 178 valence electrons. The van der Waals surface area contributed by atoms with Crippen molar-refractivity contribution in [2.24, 2.45) is 5.92 Å². The normalized spacial score (nSPS) is 16.1. The van der Waals surface area contributed by atoms with Crippen LogP contribution in [0, 0.1) is 12.8 Å². The molecule has 1 amide bonds. The minimum absolute atomic E-state index is 0.129. The molecule has 0 bridgehead atoms. The Hall–Kier alpha value is -3.73. The van der Waals surface area contributed by atoms with Gasteiger partial charge in [0.1, 0.15) is 0 Å². The van der Waals surface area contributed by atoms with Crippen molar-refractivity contribution < 1.29 is 4.79 Å². The van der Waals surface area contributed by atoms with Crippen LogP contribution in [0.15, 0.2) is 79.4 Å². The van der Waals surface area contributed by atoms with Crippen LogP contribution in [0.1, 0.15) is 46.3 Å². The topological polar surface area (TPSA) is 58.1 Å². The summed E-state index contributed by atoms with van der Waals surface area (Å²) in [6.45, 7) is 4.39. The van der Waals surface area contributed by atoms with E-state index in [1.165, 1.54) is 16.3 Å². The van der Waals surface area contributed by atoms with Crippen molar-refractivity contribution in [1.82, 2.24) is 14.9 Å². The van der Waals surface area contributed by atoms with E-state index >= 15 is 0 Å². The number of rotatable bonds is 6.